The van der Waals surface area contributed by atoms with E-state index in [1.165, 1.54) is 6.07 Å². The van der Waals surface area contributed by atoms with Gasteiger partial charge < -0.3 is 20.5 Å². The van der Waals surface area contributed by atoms with Gasteiger partial charge in [-0.15, -0.1) is 0 Å². The maximum absolute atomic E-state index is 14.0. The van der Waals surface area contributed by atoms with Crippen LogP contribution in [-0.2, 0) is 6.54 Å². The van der Waals surface area contributed by atoms with E-state index in [2.05, 4.69) is 25.6 Å². The van der Waals surface area contributed by atoms with E-state index in [0.29, 0.717) is 23.1 Å². The molecule has 0 bridgehead atoms. The van der Waals surface area contributed by atoms with Crippen LogP contribution < -0.4 is 15.4 Å². The number of nitrogens with one attached hydrogen (secondary N) is 2. The molecule has 0 atom stereocenters. The third-order valence-corrected chi connectivity index (χ3v) is 4.28. The Labute approximate surface area is 166 Å². The summed E-state index contributed by atoms with van der Waals surface area (Å²) in [5, 5.41) is 15.6. The quantitative estimate of drug-likeness (QED) is 0.442. The van der Waals surface area contributed by atoms with Crippen LogP contribution >= 0.6 is 0 Å². The Morgan fingerprint density at radius 2 is 1.86 bits per heavy atom. The van der Waals surface area contributed by atoms with Gasteiger partial charge in [-0.2, -0.15) is 4.98 Å². The molecule has 8 nitrogen and oxygen atoms in total. The van der Waals surface area contributed by atoms with Crippen LogP contribution in [0.25, 0.3) is 11.2 Å². The lowest BCUT2D eigenvalue weighted by molar-refractivity contribution is 0.278. The first-order valence-corrected chi connectivity index (χ1v) is 8.94. The summed E-state index contributed by atoms with van der Waals surface area (Å²) in [6, 6.07) is 13.7. The molecule has 0 aliphatic carbocycles. The molecule has 2 aromatic carbocycles. The first-order chi connectivity index (χ1) is 14.2. The van der Waals surface area contributed by atoms with Gasteiger partial charge >= 0.3 is 0 Å². The summed E-state index contributed by atoms with van der Waals surface area (Å²) in [6.07, 6.45) is 1.58. The Kier molecular flexibility index (Phi) is 5.21. The van der Waals surface area contributed by atoms with Crippen LogP contribution in [0.5, 0.6) is 5.75 Å². The van der Waals surface area contributed by atoms with Crippen molar-refractivity contribution in [3.05, 3.63) is 60.5 Å². The van der Waals surface area contributed by atoms with Crippen molar-refractivity contribution in [2.75, 3.05) is 24.4 Å². The summed E-state index contributed by atoms with van der Waals surface area (Å²) < 4.78 is 20.8. The van der Waals surface area contributed by atoms with E-state index in [9.17, 15) is 9.50 Å². The number of fused-ring (bicyclic) bond motifs is 1. The number of methoxy groups -OCH3 is 1. The molecule has 0 spiro atoms. The van der Waals surface area contributed by atoms with E-state index in [-0.39, 0.29) is 18.8 Å². The van der Waals surface area contributed by atoms with Gasteiger partial charge in [0, 0.05) is 5.69 Å². The normalized spacial score (nSPS) is 10.9. The third-order valence-electron chi connectivity index (χ3n) is 4.28. The second kappa shape index (κ2) is 8.11. The number of nitrogens with zero attached hydrogens (tertiary/aromatic N) is 4. The predicted octanol–water partition coefficient (Wildman–Crippen LogP) is 3.45. The average Bonchev–Trinajstić information content (AvgIpc) is 3.07. The summed E-state index contributed by atoms with van der Waals surface area (Å²) in [7, 11) is 1.61. The van der Waals surface area contributed by atoms with Crippen molar-refractivity contribution in [2.24, 2.45) is 0 Å². The van der Waals surface area contributed by atoms with Gasteiger partial charge in [0.05, 0.1) is 32.1 Å². The lowest BCUT2D eigenvalue weighted by atomic mass is 10.3. The number of ether oxygens (including phenoxy) is 1. The minimum absolute atomic E-state index is 0.122. The molecule has 4 rings (SSSR count). The van der Waals surface area contributed by atoms with Crippen molar-refractivity contribution < 1.29 is 14.2 Å². The molecule has 2 aromatic heterocycles. The smallest absolute Gasteiger partial charge is 0.229 e. The standard InChI is InChI=1S/C20H19FN6O2/c1-29-14-8-6-13(7-9-14)23-19-22-12-17-18(26-19)27(10-11-28)20(25-17)24-16-5-3-2-4-15(16)21/h2-9,12,28H,10-11H2,1H3,(H,24,25)(H,22,23,26). The first-order valence-electron chi connectivity index (χ1n) is 8.94. The number of para-hydroxylation sites is 1. The number of imidazole rings is 1. The molecule has 0 aliphatic rings. The Hall–Kier alpha value is -3.72. The Balaban J connectivity index is 1.67. The van der Waals surface area contributed by atoms with Crippen molar-refractivity contribution in [1.82, 2.24) is 19.5 Å². The lowest BCUT2D eigenvalue weighted by Crippen LogP contribution is -2.08. The van der Waals surface area contributed by atoms with Crippen molar-refractivity contribution >= 4 is 34.4 Å². The second-order valence-corrected chi connectivity index (χ2v) is 6.17. The fraction of sp³-hybridized carbons (Fsp3) is 0.150. The zero-order chi connectivity index (χ0) is 20.2. The van der Waals surface area contributed by atoms with Gasteiger partial charge in [0.2, 0.25) is 11.9 Å². The average molecular weight is 394 g/mol. The van der Waals surface area contributed by atoms with Gasteiger partial charge in [-0.25, -0.2) is 14.4 Å². The fourth-order valence-electron chi connectivity index (χ4n) is 2.87. The van der Waals surface area contributed by atoms with Gasteiger partial charge in [-0.05, 0) is 36.4 Å². The molecule has 9 heteroatoms. The number of aliphatic hydroxyl groups is 1. The molecule has 0 amide bonds. The zero-order valence-electron chi connectivity index (χ0n) is 15.6. The van der Waals surface area contributed by atoms with E-state index in [0.717, 1.165) is 11.4 Å². The molecule has 0 unspecified atom stereocenters. The number of benzene rings is 2. The molecule has 0 aliphatic heterocycles. The highest BCUT2D eigenvalue weighted by Crippen LogP contribution is 2.24. The minimum atomic E-state index is -0.400. The largest absolute Gasteiger partial charge is 0.497 e. The summed E-state index contributed by atoms with van der Waals surface area (Å²) in [6.45, 7) is 0.120. The van der Waals surface area contributed by atoms with Crippen LogP contribution in [0.15, 0.2) is 54.7 Å². The van der Waals surface area contributed by atoms with Gasteiger partial charge in [-0.3, -0.25) is 4.57 Å². The van der Waals surface area contributed by atoms with Crippen molar-refractivity contribution in [3.8, 4) is 5.75 Å². The van der Waals surface area contributed by atoms with E-state index in [1.807, 2.05) is 24.3 Å². The van der Waals surface area contributed by atoms with E-state index < -0.39 is 5.82 Å². The first kappa shape index (κ1) is 18.6. The maximum atomic E-state index is 14.0. The molecule has 2 heterocycles. The van der Waals surface area contributed by atoms with E-state index in [1.54, 1.807) is 36.1 Å². The fourth-order valence-corrected chi connectivity index (χ4v) is 2.87. The molecule has 0 saturated heterocycles. The number of hydrogen-bond donors (Lipinski definition) is 3. The number of halogens is 1. The lowest BCUT2D eigenvalue weighted by Gasteiger charge is -2.10. The summed E-state index contributed by atoms with van der Waals surface area (Å²) in [5.41, 5.74) is 2.12. The van der Waals surface area contributed by atoms with Crippen LogP contribution in [0.2, 0.25) is 0 Å². The summed E-state index contributed by atoms with van der Waals surface area (Å²) >= 11 is 0. The highest BCUT2D eigenvalue weighted by Gasteiger charge is 2.15. The molecule has 0 radical (unpaired) electrons. The van der Waals surface area contributed by atoms with Gasteiger partial charge in [0.25, 0.3) is 0 Å². The number of aliphatic hydroxyl groups excluding tert-OH is 1. The monoisotopic (exact) mass is 394 g/mol. The van der Waals surface area contributed by atoms with Crippen LogP contribution in [0, 0.1) is 5.82 Å². The molecule has 4 aromatic rings. The van der Waals surface area contributed by atoms with Crippen molar-refractivity contribution in [3.63, 3.8) is 0 Å². The number of hydrogen-bond acceptors (Lipinski definition) is 7. The predicted molar refractivity (Wildman–Crippen MR) is 108 cm³/mol. The number of anilines is 4. The summed E-state index contributed by atoms with van der Waals surface area (Å²) in [5.74, 6) is 1.09. The van der Waals surface area contributed by atoms with Gasteiger partial charge in [0.1, 0.15) is 17.1 Å². The number of aromatic nitrogens is 4. The third kappa shape index (κ3) is 3.94. The molecular formula is C20H19FN6O2. The van der Waals surface area contributed by atoms with Gasteiger partial charge in [0.15, 0.2) is 5.65 Å². The molecule has 148 valence electrons. The van der Waals surface area contributed by atoms with E-state index in [4.69, 9.17) is 4.74 Å². The van der Waals surface area contributed by atoms with Crippen LogP contribution in [0.3, 0.4) is 0 Å². The SMILES string of the molecule is COc1ccc(Nc2ncc3nc(Nc4ccccc4F)n(CCO)c3n2)cc1. The highest BCUT2D eigenvalue weighted by molar-refractivity contribution is 5.77. The van der Waals surface area contributed by atoms with Crippen LogP contribution in [0.1, 0.15) is 0 Å². The topological polar surface area (TPSA) is 97.1 Å². The number of rotatable bonds is 7. The molecule has 29 heavy (non-hydrogen) atoms. The van der Waals surface area contributed by atoms with Crippen molar-refractivity contribution in [1.29, 1.82) is 0 Å². The molecule has 3 N–H and O–H groups in total. The second-order valence-electron chi connectivity index (χ2n) is 6.17. The Morgan fingerprint density at radius 3 is 2.59 bits per heavy atom. The minimum Gasteiger partial charge on any atom is -0.497 e. The Bertz CT molecular complexity index is 1130. The van der Waals surface area contributed by atoms with E-state index >= 15 is 0 Å². The van der Waals surface area contributed by atoms with Crippen LogP contribution in [-0.4, -0.2) is 38.3 Å². The molecular weight excluding hydrogens is 375 g/mol. The molecule has 0 saturated carbocycles. The maximum Gasteiger partial charge on any atom is 0.229 e. The van der Waals surface area contributed by atoms with Crippen LogP contribution in [0.4, 0.5) is 27.7 Å². The highest BCUT2D eigenvalue weighted by atomic mass is 19.1. The summed E-state index contributed by atoms with van der Waals surface area (Å²) in [4.78, 5) is 13.3. The zero-order valence-corrected chi connectivity index (χ0v) is 15.6. The molecule has 0 fully saturated rings. The van der Waals surface area contributed by atoms with Crippen molar-refractivity contribution in [2.45, 2.75) is 6.54 Å². The van der Waals surface area contributed by atoms with Gasteiger partial charge in [-0.1, -0.05) is 12.1 Å². The Morgan fingerprint density at radius 1 is 1.07 bits per heavy atom.